The average Bonchev–Trinajstić information content (AvgIpc) is 2.00. The summed E-state index contributed by atoms with van der Waals surface area (Å²) in [7, 11) is 1.70. The Bertz CT molecular complexity index is 241. The van der Waals surface area contributed by atoms with Crippen molar-refractivity contribution in [2.45, 2.75) is 20.8 Å². The van der Waals surface area contributed by atoms with E-state index in [1.54, 1.807) is 14.0 Å². The van der Waals surface area contributed by atoms with E-state index in [-0.39, 0.29) is 0 Å². The fraction of sp³-hybridized carbons (Fsp3) is 0.500. The summed E-state index contributed by atoms with van der Waals surface area (Å²) in [6.07, 6.45) is 0. The maximum absolute atomic E-state index is 10.5. The number of carbonyl (C=O) groups is 1. The highest BCUT2D eigenvalue weighted by molar-refractivity contribution is 5.98. The van der Waals surface area contributed by atoms with Crippen molar-refractivity contribution in [2.75, 3.05) is 7.05 Å². The van der Waals surface area contributed by atoms with Crippen LogP contribution in [0, 0.1) is 0 Å². The maximum atomic E-state index is 10.5. The van der Waals surface area contributed by atoms with Gasteiger partial charge in [-0.3, -0.25) is 4.99 Å². The summed E-state index contributed by atoms with van der Waals surface area (Å²) in [5.41, 5.74) is 7.52. The largest absolute Gasteiger partial charge is 0.351 e. The minimum atomic E-state index is -0.546. The van der Waals surface area contributed by atoms with Gasteiger partial charge >= 0.3 is 6.03 Å². The topological polar surface area (TPSA) is 67.5 Å². The van der Waals surface area contributed by atoms with Crippen LogP contribution in [0.2, 0.25) is 0 Å². The lowest BCUT2D eigenvalue weighted by Gasteiger charge is -2.06. The van der Waals surface area contributed by atoms with E-state index in [2.05, 4.69) is 10.3 Å². The molecule has 0 aromatic rings. The zero-order chi connectivity index (χ0) is 9.72. The lowest BCUT2D eigenvalue weighted by molar-refractivity contribution is 0.251. The van der Waals surface area contributed by atoms with E-state index in [0.717, 1.165) is 17.0 Å². The second-order valence-electron chi connectivity index (χ2n) is 2.55. The number of urea groups is 1. The van der Waals surface area contributed by atoms with Crippen molar-refractivity contribution in [3.05, 3.63) is 11.3 Å². The van der Waals surface area contributed by atoms with Crippen molar-refractivity contribution in [1.29, 1.82) is 0 Å². The van der Waals surface area contributed by atoms with E-state index in [1.165, 1.54) is 0 Å². The zero-order valence-corrected chi connectivity index (χ0v) is 7.93. The fourth-order valence-corrected chi connectivity index (χ4v) is 0.718. The Morgan fingerprint density at radius 2 is 1.83 bits per heavy atom. The van der Waals surface area contributed by atoms with E-state index in [4.69, 9.17) is 5.73 Å². The number of rotatable bonds is 2. The third-order valence-electron chi connectivity index (χ3n) is 1.75. The van der Waals surface area contributed by atoms with Crippen molar-refractivity contribution in [1.82, 2.24) is 5.32 Å². The Morgan fingerprint density at radius 1 is 1.33 bits per heavy atom. The fourth-order valence-electron chi connectivity index (χ4n) is 0.718. The molecule has 0 atom stereocenters. The van der Waals surface area contributed by atoms with Gasteiger partial charge in [0.1, 0.15) is 0 Å². The molecule has 0 aromatic carbocycles. The number of amides is 2. The highest BCUT2D eigenvalue weighted by atomic mass is 16.2. The minimum Gasteiger partial charge on any atom is -0.351 e. The first-order valence-corrected chi connectivity index (χ1v) is 3.66. The first-order valence-electron chi connectivity index (χ1n) is 3.66. The summed E-state index contributed by atoms with van der Waals surface area (Å²) in [5, 5.41) is 2.50. The molecular formula is C8H15N3O. The molecule has 3 N–H and O–H groups in total. The van der Waals surface area contributed by atoms with Crippen LogP contribution in [0.15, 0.2) is 16.3 Å². The normalized spacial score (nSPS) is 13.8. The van der Waals surface area contributed by atoms with Crippen LogP contribution in [0.3, 0.4) is 0 Å². The predicted molar refractivity (Wildman–Crippen MR) is 50.1 cm³/mol. The molecule has 0 heterocycles. The highest BCUT2D eigenvalue weighted by Crippen LogP contribution is 2.01. The zero-order valence-electron chi connectivity index (χ0n) is 7.93. The Labute approximate surface area is 72.6 Å². The third-order valence-corrected chi connectivity index (χ3v) is 1.75. The molecule has 4 heteroatoms. The molecule has 0 aromatic heterocycles. The monoisotopic (exact) mass is 169 g/mol. The Kier molecular flexibility index (Phi) is 4.04. The van der Waals surface area contributed by atoms with Gasteiger partial charge in [-0.25, -0.2) is 4.79 Å². The molecule has 0 aliphatic heterocycles. The van der Waals surface area contributed by atoms with Crippen LogP contribution in [-0.4, -0.2) is 18.8 Å². The molecule has 2 amide bonds. The first-order chi connectivity index (χ1) is 5.49. The number of nitrogens with zero attached hydrogens (tertiary/aromatic N) is 1. The SMILES string of the molecule is C/N=C(C)\C(C)=C(/C)NC(N)=O. The lowest BCUT2D eigenvalue weighted by Crippen LogP contribution is -2.28. The summed E-state index contributed by atoms with van der Waals surface area (Å²) in [6.45, 7) is 5.55. The molecule has 0 radical (unpaired) electrons. The standard InChI is InChI=1S/C8H15N3O/c1-5(6(2)10-4)7(3)11-8(9)12/h1-4H3,(H3,9,11,12)/b7-5+,10-6-. The molecule has 12 heavy (non-hydrogen) atoms. The number of primary amides is 1. The van der Waals surface area contributed by atoms with Crippen molar-refractivity contribution < 1.29 is 4.79 Å². The molecule has 0 fully saturated rings. The summed E-state index contributed by atoms with van der Waals surface area (Å²) < 4.78 is 0. The van der Waals surface area contributed by atoms with Crippen LogP contribution >= 0.6 is 0 Å². The Balaban J connectivity index is 4.57. The van der Waals surface area contributed by atoms with Crippen molar-refractivity contribution in [2.24, 2.45) is 10.7 Å². The van der Waals surface area contributed by atoms with Gasteiger partial charge in [-0.05, 0) is 26.3 Å². The van der Waals surface area contributed by atoms with E-state index in [0.29, 0.717) is 0 Å². The summed E-state index contributed by atoms with van der Waals surface area (Å²) in [5.74, 6) is 0. The molecule has 0 saturated heterocycles. The molecule has 68 valence electrons. The van der Waals surface area contributed by atoms with Crippen LogP contribution in [0.1, 0.15) is 20.8 Å². The lowest BCUT2D eigenvalue weighted by atomic mass is 10.1. The molecule has 0 bridgehead atoms. The van der Waals surface area contributed by atoms with Crippen LogP contribution in [0.5, 0.6) is 0 Å². The second-order valence-corrected chi connectivity index (χ2v) is 2.55. The Hall–Kier alpha value is -1.32. The maximum Gasteiger partial charge on any atom is 0.316 e. The van der Waals surface area contributed by atoms with Crippen molar-refractivity contribution >= 4 is 11.7 Å². The highest BCUT2D eigenvalue weighted by Gasteiger charge is 2.01. The van der Waals surface area contributed by atoms with E-state index in [9.17, 15) is 4.79 Å². The van der Waals surface area contributed by atoms with E-state index in [1.807, 2.05) is 13.8 Å². The average molecular weight is 169 g/mol. The van der Waals surface area contributed by atoms with E-state index >= 15 is 0 Å². The van der Waals surface area contributed by atoms with Gasteiger partial charge in [-0.1, -0.05) is 0 Å². The summed E-state index contributed by atoms with van der Waals surface area (Å²) >= 11 is 0. The van der Waals surface area contributed by atoms with Gasteiger partial charge in [0, 0.05) is 18.5 Å². The minimum absolute atomic E-state index is 0.546. The number of nitrogens with one attached hydrogen (secondary N) is 1. The number of aliphatic imine (C=N–C) groups is 1. The van der Waals surface area contributed by atoms with Crippen LogP contribution < -0.4 is 11.1 Å². The van der Waals surface area contributed by atoms with Crippen molar-refractivity contribution in [3.8, 4) is 0 Å². The molecule has 0 aliphatic rings. The van der Waals surface area contributed by atoms with Crippen LogP contribution in [0.25, 0.3) is 0 Å². The van der Waals surface area contributed by atoms with Gasteiger partial charge in [-0.15, -0.1) is 0 Å². The van der Waals surface area contributed by atoms with Gasteiger partial charge in [0.15, 0.2) is 0 Å². The van der Waals surface area contributed by atoms with Gasteiger partial charge in [-0.2, -0.15) is 0 Å². The van der Waals surface area contributed by atoms with Gasteiger partial charge in [0.2, 0.25) is 0 Å². The second kappa shape index (κ2) is 4.54. The third kappa shape index (κ3) is 3.18. The number of carbonyl (C=O) groups excluding carboxylic acids is 1. The summed E-state index contributed by atoms with van der Waals surface area (Å²) in [6, 6.07) is -0.546. The molecule has 0 saturated carbocycles. The van der Waals surface area contributed by atoms with Gasteiger partial charge in [0.25, 0.3) is 0 Å². The number of hydrogen-bond donors (Lipinski definition) is 2. The molecule has 0 spiro atoms. The van der Waals surface area contributed by atoms with Gasteiger partial charge in [0.05, 0.1) is 0 Å². The molecular weight excluding hydrogens is 154 g/mol. The molecule has 4 nitrogen and oxygen atoms in total. The quantitative estimate of drug-likeness (QED) is 0.596. The number of allylic oxidation sites excluding steroid dienone is 2. The van der Waals surface area contributed by atoms with Crippen LogP contribution in [-0.2, 0) is 0 Å². The first kappa shape index (κ1) is 10.7. The van der Waals surface area contributed by atoms with Gasteiger partial charge < -0.3 is 11.1 Å². The van der Waals surface area contributed by atoms with Crippen LogP contribution in [0.4, 0.5) is 4.79 Å². The van der Waals surface area contributed by atoms with E-state index < -0.39 is 6.03 Å². The number of nitrogens with two attached hydrogens (primary N) is 1. The molecule has 0 rings (SSSR count). The smallest absolute Gasteiger partial charge is 0.316 e. The molecule has 0 unspecified atom stereocenters. The summed E-state index contributed by atoms with van der Waals surface area (Å²) in [4.78, 5) is 14.4. The Morgan fingerprint density at radius 3 is 2.17 bits per heavy atom. The number of hydrogen-bond acceptors (Lipinski definition) is 2. The predicted octanol–water partition coefficient (Wildman–Crippen LogP) is 1.04. The van der Waals surface area contributed by atoms with Crippen molar-refractivity contribution in [3.63, 3.8) is 0 Å². The molecule has 0 aliphatic carbocycles.